The first-order valence-corrected chi connectivity index (χ1v) is 5.04. The van der Waals surface area contributed by atoms with E-state index in [0.717, 1.165) is 0 Å². The highest BCUT2D eigenvalue weighted by molar-refractivity contribution is 5.91. The predicted molar refractivity (Wildman–Crippen MR) is 53.1 cm³/mol. The van der Waals surface area contributed by atoms with Gasteiger partial charge in [0.25, 0.3) is 0 Å². The van der Waals surface area contributed by atoms with Crippen molar-refractivity contribution >= 4 is 11.9 Å². The van der Waals surface area contributed by atoms with Gasteiger partial charge in [0.15, 0.2) is 0 Å². The summed E-state index contributed by atoms with van der Waals surface area (Å²) in [5.41, 5.74) is -0.449. The molecule has 0 aromatic carbocycles. The number of aliphatic hydroxyl groups excluding tert-OH is 1. The summed E-state index contributed by atoms with van der Waals surface area (Å²) < 4.78 is 0. The Morgan fingerprint density at radius 2 is 1.93 bits per heavy atom. The molecule has 5 nitrogen and oxygen atoms in total. The van der Waals surface area contributed by atoms with Gasteiger partial charge < -0.3 is 15.5 Å². The van der Waals surface area contributed by atoms with Crippen LogP contribution in [-0.4, -0.2) is 35.2 Å². The Bertz CT molecular complexity index is 275. The van der Waals surface area contributed by atoms with Gasteiger partial charge in [0.1, 0.15) is 0 Å². The van der Waals surface area contributed by atoms with Crippen molar-refractivity contribution in [2.45, 2.75) is 20.3 Å². The number of carbonyl (C=O) groups is 2. The first kappa shape index (κ1) is 12.0. The van der Waals surface area contributed by atoms with E-state index in [0.29, 0.717) is 13.0 Å². The summed E-state index contributed by atoms with van der Waals surface area (Å²) >= 11 is 0. The van der Waals surface area contributed by atoms with E-state index >= 15 is 0 Å². The summed E-state index contributed by atoms with van der Waals surface area (Å²) in [6.07, 6.45) is 0.497. The number of aliphatic carboxylic acids is 1. The van der Waals surface area contributed by atoms with Crippen LogP contribution in [0.25, 0.3) is 0 Å². The SMILES string of the molecule is CC1(C)C(C(=O)O)C1C(=O)NCCCO. The molecular weight excluding hydrogens is 198 g/mol. The van der Waals surface area contributed by atoms with E-state index in [9.17, 15) is 9.59 Å². The van der Waals surface area contributed by atoms with Crippen LogP contribution in [0, 0.1) is 17.3 Å². The Morgan fingerprint density at radius 3 is 2.33 bits per heavy atom. The molecule has 2 atom stereocenters. The number of nitrogens with one attached hydrogen (secondary N) is 1. The summed E-state index contributed by atoms with van der Waals surface area (Å²) in [5.74, 6) is -2.15. The van der Waals surface area contributed by atoms with Crippen molar-refractivity contribution < 1.29 is 19.8 Å². The lowest BCUT2D eigenvalue weighted by molar-refractivity contribution is -0.140. The second-order valence-corrected chi connectivity index (χ2v) is 4.48. The normalized spacial score (nSPS) is 27.1. The second kappa shape index (κ2) is 4.18. The maximum atomic E-state index is 11.6. The van der Waals surface area contributed by atoms with E-state index in [1.165, 1.54) is 0 Å². The predicted octanol–water partition coefficient (Wildman–Crippen LogP) is -0.158. The monoisotopic (exact) mass is 215 g/mol. The van der Waals surface area contributed by atoms with Gasteiger partial charge in [0, 0.05) is 13.2 Å². The number of hydrogen-bond donors (Lipinski definition) is 3. The molecule has 1 rings (SSSR count). The van der Waals surface area contributed by atoms with E-state index in [2.05, 4.69) is 5.32 Å². The molecule has 86 valence electrons. The van der Waals surface area contributed by atoms with Crippen molar-refractivity contribution in [1.82, 2.24) is 5.32 Å². The molecule has 0 bridgehead atoms. The number of rotatable bonds is 5. The lowest BCUT2D eigenvalue weighted by Gasteiger charge is -2.04. The Labute approximate surface area is 88.5 Å². The summed E-state index contributed by atoms with van der Waals surface area (Å²) in [6, 6.07) is 0. The van der Waals surface area contributed by atoms with Crippen LogP contribution in [0.3, 0.4) is 0 Å². The van der Waals surface area contributed by atoms with E-state index in [-0.39, 0.29) is 12.5 Å². The molecule has 1 saturated carbocycles. The zero-order chi connectivity index (χ0) is 11.6. The standard InChI is InChI=1S/C10H17NO4/c1-10(2)6(7(10)9(14)15)8(13)11-4-3-5-12/h6-7,12H,3-5H2,1-2H3,(H,11,13)(H,14,15). The fraction of sp³-hybridized carbons (Fsp3) is 0.800. The first-order chi connectivity index (χ1) is 6.92. The van der Waals surface area contributed by atoms with Crippen molar-refractivity contribution in [2.75, 3.05) is 13.2 Å². The molecule has 0 aromatic heterocycles. The number of amides is 1. The second-order valence-electron chi connectivity index (χ2n) is 4.48. The van der Waals surface area contributed by atoms with Gasteiger partial charge in [0.2, 0.25) is 5.91 Å². The quantitative estimate of drug-likeness (QED) is 0.556. The van der Waals surface area contributed by atoms with Crippen molar-refractivity contribution in [3.05, 3.63) is 0 Å². The van der Waals surface area contributed by atoms with Gasteiger partial charge in [-0.2, -0.15) is 0 Å². The molecule has 1 aliphatic carbocycles. The summed E-state index contributed by atoms with van der Waals surface area (Å²) in [7, 11) is 0. The molecule has 0 spiro atoms. The smallest absolute Gasteiger partial charge is 0.307 e. The summed E-state index contributed by atoms with van der Waals surface area (Å²) in [6.45, 7) is 3.98. The largest absolute Gasteiger partial charge is 0.481 e. The molecule has 0 saturated heterocycles. The molecule has 1 fully saturated rings. The maximum Gasteiger partial charge on any atom is 0.307 e. The third-order valence-corrected chi connectivity index (χ3v) is 3.01. The van der Waals surface area contributed by atoms with Gasteiger partial charge in [-0.3, -0.25) is 9.59 Å². The number of aliphatic hydroxyl groups is 1. The molecule has 0 radical (unpaired) electrons. The highest BCUT2D eigenvalue weighted by atomic mass is 16.4. The first-order valence-electron chi connectivity index (χ1n) is 5.04. The lowest BCUT2D eigenvalue weighted by atomic mass is 10.1. The molecule has 0 heterocycles. The Morgan fingerprint density at radius 1 is 1.33 bits per heavy atom. The molecule has 2 unspecified atom stereocenters. The van der Waals surface area contributed by atoms with Crippen molar-refractivity contribution in [2.24, 2.45) is 17.3 Å². The minimum atomic E-state index is -0.915. The molecule has 1 amide bonds. The Kier molecular flexibility index (Phi) is 3.34. The van der Waals surface area contributed by atoms with Crippen LogP contribution in [0.1, 0.15) is 20.3 Å². The highest BCUT2D eigenvalue weighted by Gasteiger charge is 2.65. The highest BCUT2D eigenvalue weighted by Crippen LogP contribution is 2.58. The third kappa shape index (κ3) is 2.28. The van der Waals surface area contributed by atoms with Crippen molar-refractivity contribution in [3.8, 4) is 0 Å². The Balaban J connectivity index is 2.45. The van der Waals surface area contributed by atoms with Crippen LogP contribution in [0.4, 0.5) is 0 Å². The zero-order valence-electron chi connectivity index (χ0n) is 8.99. The summed E-state index contributed by atoms with van der Waals surface area (Å²) in [4.78, 5) is 22.4. The van der Waals surface area contributed by atoms with Crippen LogP contribution in [0.5, 0.6) is 0 Å². The minimum absolute atomic E-state index is 0.0245. The molecule has 0 aliphatic heterocycles. The summed E-state index contributed by atoms with van der Waals surface area (Å²) in [5, 5.41) is 20.0. The van der Waals surface area contributed by atoms with Crippen LogP contribution < -0.4 is 5.32 Å². The molecule has 5 heteroatoms. The van der Waals surface area contributed by atoms with Gasteiger partial charge in [-0.25, -0.2) is 0 Å². The Hall–Kier alpha value is -1.10. The third-order valence-electron chi connectivity index (χ3n) is 3.01. The maximum absolute atomic E-state index is 11.6. The zero-order valence-corrected chi connectivity index (χ0v) is 8.99. The van der Waals surface area contributed by atoms with E-state index in [1.54, 1.807) is 13.8 Å². The lowest BCUT2D eigenvalue weighted by Crippen LogP contribution is -2.28. The van der Waals surface area contributed by atoms with Crippen LogP contribution >= 0.6 is 0 Å². The van der Waals surface area contributed by atoms with Gasteiger partial charge in [-0.05, 0) is 11.8 Å². The van der Waals surface area contributed by atoms with Gasteiger partial charge >= 0.3 is 5.97 Å². The topological polar surface area (TPSA) is 86.6 Å². The van der Waals surface area contributed by atoms with Crippen LogP contribution in [0.15, 0.2) is 0 Å². The molecule has 0 aromatic rings. The average Bonchev–Trinajstić information content (AvgIpc) is 2.69. The molecule has 3 N–H and O–H groups in total. The van der Waals surface area contributed by atoms with Crippen LogP contribution in [0.2, 0.25) is 0 Å². The molecule has 1 aliphatic rings. The molecule has 15 heavy (non-hydrogen) atoms. The van der Waals surface area contributed by atoms with Gasteiger partial charge in [-0.15, -0.1) is 0 Å². The van der Waals surface area contributed by atoms with Crippen molar-refractivity contribution in [3.63, 3.8) is 0 Å². The van der Waals surface area contributed by atoms with E-state index in [1.807, 2.05) is 0 Å². The van der Waals surface area contributed by atoms with Crippen LogP contribution in [-0.2, 0) is 9.59 Å². The van der Waals surface area contributed by atoms with E-state index < -0.39 is 23.2 Å². The fourth-order valence-electron chi connectivity index (χ4n) is 1.99. The fourth-order valence-corrected chi connectivity index (χ4v) is 1.99. The van der Waals surface area contributed by atoms with E-state index in [4.69, 9.17) is 10.2 Å². The average molecular weight is 215 g/mol. The van der Waals surface area contributed by atoms with Gasteiger partial charge in [-0.1, -0.05) is 13.8 Å². The van der Waals surface area contributed by atoms with Gasteiger partial charge in [0.05, 0.1) is 11.8 Å². The minimum Gasteiger partial charge on any atom is -0.481 e. The molecular formula is C10H17NO4. The number of hydrogen-bond acceptors (Lipinski definition) is 3. The number of carboxylic acids is 1. The number of carbonyl (C=O) groups excluding carboxylic acids is 1. The number of carboxylic acid groups (broad SMARTS) is 1. The van der Waals surface area contributed by atoms with Crippen molar-refractivity contribution in [1.29, 1.82) is 0 Å².